The van der Waals surface area contributed by atoms with Gasteiger partial charge in [0.25, 0.3) is 0 Å². The molecule has 0 aromatic rings. The minimum Gasteiger partial charge on any atom is -0.247 e. The van der Waals surface area contributed by atoms with Crippen molar-refractivity contribution in [2.24, 2.45) is 0 Å². The average Bonchev–Trinajstić information content (AvgIpc) is 1.85. The molecule has 0 aromatic carbocycles. The van der Waals surface area contributed by atoms with E-state index in [-0.39, 0.29) is 0 Å². The summed E-state index contributed by atoms with van der Waals surface area (Å²) >= 11 is 0. The normalized spacial score (nSPS) is 13.1. The van der Waals surface area contributed by atoms with Crippen molar-refractivity contribution in [2.45, 2.75) is 38.8 Å². The summed E-state index contributed by atoms with van der Waals surface area (Å²) in [5, 5.41) is 0. The van der Waals surface area contributed by atoms with Gasteiger partial charge in [-0.25, -0.2) is 4.39 Å². The van der Waals surface area contributed by atoms with Gasteiger partial charge in [-0.2, -0.15) is 0 Å². The highest BCUT2D eigenvalue weighted by molar-refractivity contribution is 4.71. The van der Waals surface area contributed by atoms with Gasteiger partial charge in [0.2, 0.25) is 0 Å². The fourth-order valence-corrected chi connectivity index (χ4v) is 0.724. The first-order valence-corrected chi connectivity index (χ1v) is 3.56. The Balaban J connectivity index is 3.04. The third kappa shape index (κ3) is 5.54. The summed E-state index contributed by atoms with van der Waals surface area (Å²) in [7, 11) is 0. The van der Waals surface area contributed by atoms with E-state index in [1.165, 1.54) is 0 Å². The first-order valence-electron chi connectivity index (χ1n) is 3.56. The highest BCUT2D eigenvalue weighted by atomic mass is 19.1. The molecule has 1 atom stereocenters. The molecule has 0 saturated carbocycles. The zero-order chi connectivity index (χ0) is 7.11. The Morgan fingerprint density at radius 1 is 1.67 bits per heavy atom. The Morgan fingerprint density at radius 2 is 2.33 bits per heavy atom. The zero-order valence-corrected chi connectivity index (χ0v) is 6.07. The summed E-state index contributed by atoms with van der Waals surface area (Å²) in [6.45, 7) is 5.54. The summed E-state index contributed by atoms with van der Waals surface area (Å²) in [5.41, 5.74) is 0. The van der Waals surface area contributed by atoms with Crippen molar-refractivity contribution in [3.63, 3.8) is 0 Å². The van der Waals surface area contributed by atoms with Crippen LogP contribution in [0.5, 0.6) is 0 Å². The van der Waals surface area contributed by atoms with Crippen LogP contribution >= 0.6 is 0 Å². The van der Waals surface area contributed by atoms with E-state index >= 15 is 0 Å². The van der Waals surface area contributed by atoms with E-state index in [1.54, 1.807) is 6.08 Å². The smallest absolute Gasteiger partial charge is 0.104 e. The molecule has 0 fully saturated rings. The molecule has 0 aliphatic carbocycles. The number of hydrogen-bond acceptors (Lipinski definition) is 0. The van der Waals surface area contributed by atoms with E-state index < -0.39 is 6.17 Å². The highest BCUT2D eigenvalue weighted by Crippen LogP contribution is 2.07. The van der Waals surface area contributed by atoms with Gasteiger partial charge in [-0.05, 0) is 12.8 Å². The third-order valence-electron chi connectivity index (χ3n) is 1.29. The summed E-state index contributed by atoms with van der Waals surface area (Å²) in [6, 6.07) is 0. The van der Waals surface area contributed by atoms with Crippen LogP contribution < -0.4 is 0 Å². The molecular weight excluding hydrogens is 115 g/mol. The van der Waals surface area contributed by atoms with Gasteiger partial charge in [0.05, 0.1) is 0 Å². The van der Waals surface area contributed by atoms with E-state index in [4.69, 9.17) is 0 Å². The summed E-state index contributed by atoms with van der Waals surface area (Å²) in [5.74, 6) is 0. The Hall–Kier alpha value is -0.330. The lowest BCUT2D eigenvalue weighted by Gasteiger charge is -2.01. The maximum absolute atomic E-state index is 12.5. The number of allylic oxidation sites excluding steroid dienone is 1. The molecule has 0 aliphatic rings. The van der Waals surface area contributed by atoms with Crippen molar-refractivity contribution >= 4 is 0 Å². The molecule has 0 aromatic heterocycles. The SMILES string of the molecule is C=CCC(F)CCCC. The lowest BCUT2D eigenvalue weighted by molar-refractivity contribution is 0.310. The Morgan fingerprint density at radius 3 is 2.78 bits per heavy atom. The van der Waals surface area contributed by atoms with Crippen LogP contribution in [0, 0.1) is 0 Å². The molecule has 54 valence electrons. The predicted molar refractivity (Wildman–Crippen MR) is 39.2 cm³/mol. The van der Waals surface area contributed by atoms with Crippen LogP contribution in [-0.4, -0.2) is 6.17 Å². The molecule has 0 saturated heterocycles. The summed E-state index contributed by atoms with van der Waals surface area (Å²) in [6.07, 6.45) is 4.28. The third-order valence-corrected chi connectivity index (χ3v) is 1.29. The van der Waals surface area contributed by atoms with E-state index in [9.17, 15) is 4.39 Å². The van der Waals surface area contributed by atoms with Crippen LogP contribution in [0.15, 0.2) is 12.7 Å². The van der Waals surface area contributed by atoms with Crippen molar-refractivity contribution < 1.29 is 4.39 Å². The molecule has 1 heteroatoms. The molecule has 0 nitrogen and oxygen atoms in total. The number of alkyl halides is 1. The molecule has 0 radical (unpaired) electrons. The molecule has 0 aliphatic heterocycles. The lowest BCUT2D eigenvalue weighted by Crippen LogP contribution is -1.96. The second-order valence-corrected chi connectivity index (χ2v) is 2.26. The van der Waals surface area contributed by atoms with E-state index in [0.717, 1.165) is 12.8 Å². The van der Waals surface area contributed by atoms with Gasteiger partial charge in [0.15, 0.2) is 0 Å². The molecule has 0 spiro atoms. The van der Waals surface area contributed by atoms with Gasteiger partial charge in [-0.3, -0.25) is 0 Å². The number of rotatable bonds is 5. The van der Waals surface area contributed by atoms with Gasteiger partial charge < -0.3 is 0 Å². The Kier molecular flexibility index (Phi) is 5.59. The van der Waals surface area contributed by atoms with Crippen molar-refractivity contribution in [1.29, 1.82) is 0 Å². The Bertz CT molecular complexity index is 69.0. The molecular formula is C8H15F. The van der Waals surface area contributed by atoms with Gasteiger partial charge >= 0.3 is 0 Å². The van der Waals surface area contributed by atoms with Crippen LogP contribution in [0.3, 0.4) is 0 Å². The largest absolute Gasteiger partial charge is 0.247 e. The quantitative estimate of drug-likeness (QED) is 0.502. The minimum absolute atomic E-state index is 0.514. The van der Waals surface area contributed by atoms with Crippen LogP contribution in [0.25, 0.3) is 0 Å². The fourth-order valence-electron chi connectivity index (χ4n) is 0.724. The minimum atomic E-state index is -0.651. The fraction of sp³-hybridized carbons (Fsp3) is 0.750. The first kappa shape index (κ1) is 8.67. The number of hydrogen-bond donors (Lipinski definition) is 0. The van der Waals surface area contributed by atoms with Gasteiger partial charge in [-0.1, -0.05) is 25.8 Å². The van der Waals surface area contributed by atoms with E-state index in [2.05, 4.69) is 13.5 Å². The molecule has 9 heavy (non-hydrogen) atoms. The molecule has 0 N–H and O–H groups in total. The van der Waals surface area contributed by atoms with Crippen molar-refractivity contribution in [2.75, 3.05) is 0 Å². The van der Waals surface area contributed by atoms with Crippen LogP contribution in [0.2, 0.25) is 0 Å². The van der Waals surface area contributed by atoms with Crippen LogP contribution in [0.1, 0.15) is 32.6 Å². The zero-order valence-electron chi connectivity index (χ0n) is 6.07. The lowest BCUT2D eigenvalue weighted by atomic mass is 10.1. The van der Waals surface area contributed by atoms with Gasteiger partial charge in [-0.15, -0.1) is 6.58 Å². The monoisotopic (exact) mass is 130 g/mol. The molecule has 0 bridgehead atoms. The second-order valence-electron chi connectivity index (χ2n) is 2.26. The molecule has 0 amide bonds. The number of halogens is 1. The second kappa shape index (κ2) is 5.80. The molecule has 1 unspecified atom stereocenters. The predicted octanol–water partition coefficient (Wildman–Crippen LogP) is 3.09. The molecule has 0 rings (SSSR count). The van der Waals surface area contributed by atoms with Crippen molar-refractivity contribution in [3.05, 3.63) is 12.7 Å². The maximum Gasteiger partial charge on any atom is 0.104 e. The van der Waals surface area contributed by atoms with E-state index in [0.29, 0.717) is 12.8 Å². The number of unbranched alkanes of at least 4 members (excludes halogenated alkanes) is 1. The standard InChI is InChI=1S/C8H15F/c1-3-5-7-8(9)6-4-2/h4,8H,2-3,5-7H2,1H3. The van der Waals surface area contributed by atoms with Crippen molar-refractivity contribution in [3.8, 4) is 0 Å². The van der Waals surface area contributed by atoms with Crippen LogP contribution in [0.4, 0.5) is 4.39 Å². The molecule has 0 heterocycles. The average molecular weight is 130 g/mol. The van der Waals surface area contributed by atoms with E-state index in [1.807, 2.05) is 0 Å². The topological polar surface area (TPSA) is 0 Å². The van der Waals surface area contributed by atoms with Crippen LogP contribution in [-0.2, 0) is 0 Å². The summed E-state index contributed by atoms with van der Waals surface area (Å²) < 4.78 is 12.5. The maximum atomic E-state index is 12.5. The Labute approximate surface area is 56.8 Å². The van der Waals surface area contributed by atoms with Gasteiger partial charge in [0, 0.05) is 0 Å². The van der Waals surface area contributed by atoms with Crippen molar-refractivity contribution in [1.82, 2.24) is 0 Å². The highest BCUT2D eigenvalue weighted by Gasteiger charge is 2.00. The van der Waals surface area contributed by atoms with Gasteiger partial charge in [0.1, 0.15) is 6.17 Å². The first-order chi connectivity index (χ1) is 4.31. The summed E-state index contributed by atoms with van der Waals surface area (Å²) in [4.78, 5) is 0.